The van der Waals surface area contributed by atoms with Crippen LogP contribution in [0, 0.1) is 58.7 Å². The van der Waals surface area contributed by atoms with E-state index in [0.29, 0.717) is 60.2 Å². The number of Topliss-reactive ketones (excluding diaryl/α,β-unsaturated/α-hetero) is 1. The molecule has 0 spiro atoms. The van der Waals surface area contributed by atoms with Gasteiger partial charge in [-0.1, -0.05) is 27.7 Å². The van der Waals surface area contributed by atoms with Gasteiger partial charge < -0.3 is 34.8 Å². The molecule has 0 radical (unpaired) electrons. The number of ketones is 1. The van der Waals surface area contributed by atoms with Crippen molar-refractivity contribution < 1.29 is 34.7 Å². The summed E-state index contributed by atoms with van der Waals surface area (Å²) >= 11 is 0. The SMILES string of the molecule is CC1CC[C@H](C(C)[C@@H]2CCC3C(CC4[C@H]3CC(=O)C3C[C@@H](O[C@@H]5O[C@H](CO)[C@@H](O)[C@H](O)[C@H]5O)CC[C@@]34C)[C@H]2C)N(C)C1. The van der Waals surface area contributed by atoms with Crippen LogP contribution in [0.5, 0.6) is 0 Å². The Kier molecular flexibility index (Phi) is 8.93. The van der Waals surface area contributed by atoms with Crippen molar-refractivity contribution in [1.29, 1.82) is 0 Å². The summed E-state index contributed by atoms with van der Waals surface area (Å²) in [5.41, 5.74) is -0.0346. The highest BCUT2D eigenvalue weighted by molar-refractivity contribution is 5.83. The zero-order chi connectivity index (χ0) is 30.1. The molecule has 240 valence electrons. The molecule has 42 heavy (non-hydrogen) atoms. The van der Waals surface area contributed by atoms with Crippen molar-refractivity contribution in [1.82, 2.24) is 4.90 Å². The second-order valence-corrected chi connectivity index (χ2v) is 15.9. The van der Waals surface area contributed by atoms with Crippen LogP contribution in [0.2, 0.25) is 0 Å². The van der Waals surface area contributed by atoms with E-state index in [1.54, 1.807) is 0 Å². The van der Waals surface area contributed by atoms with Crippen LogP contribution in [0.4, 0.5) is 0 Å². The Balaban J connectivity index is 1.12. The van der Waals surface area contributed by atoms with Gasteiger partial charge in [0, 0.05) is 24.9 Å². The number of carbonyl (C=O) groups is 1. The Morgan fingerprint density at radius 1 is 1.00 bits per heavy atom. The monoisotopic (exact) mass is 591 g/mol. The second kappa shape index (κ2) is 12.0. The maximum absolute atomic E-state index is 13.8. The van der Waals surface area contributed by atoms with Crippen molar-refractivity contribution in [2.24, 2.45) is 58.7 Å². The van der Waals surface area contributed by atoms with Gasteiger partial charge >= 0.3 is 0 Å². The largest absolute Gasteiger partial charge is 0.394 e. The van der Waals surface area contributed by atoms with E-state index in [9.17, 15) is 25.2 Å². The summed E-state index contributed by atoms with van der Waals surface area (Å²) < 4.78 is 11.8. The molecule has 6 unspecified atom stereocenters. The zero-order valence-electron chi connectivity index (χ0n) is 26.5. The van der Waals surface area contributed by atoms with Gasteiger partial charge in [-0.2, -0.15) is 0 Å². The van der Waals surface area contributed by atoms with Crippen LogP contribution in [-0.2, 0) is 14.3 Å². The number of likely N-dealkylation sites (tertiary alicyclic amines) is 1. The second-order valence-electron chi connectivity index (χ2n) is 15.9. The predicted molar refractivity (Wildman–Crippen MR) is 158 cm³/mol. The molecule has 0 aromatic heterocycles. The molecule has 8 nitrogen and oxygen atoms in total. The fourth-order valence-corrected chi connectivity index (χ4v) is 11.5. The number of piperidine rings is 1. The number of hydrogen-bond acceptors (Lipinski definition) is 8. The molecule has 0 bridgehead atoms. The molecule has 0 amide bonds. The minimum absolute atomic E-state index is 0.0346. The van der Waals surface area contributed by atoms with Crippen molar-refractivity contribution in [3.63, 3.8) is 0 Å². The molecule has 2 aliphatic heterocycles. The highest BCUT2D eigenvalue weighted by atomic mass is 16.7. The van der Waals surface area contributed by atoms with E-state index in [-0.39, 0.29) is 17.4 Å². The Hall–Kier alpha value is -0.610. The summed E-state index contributed by atoms with van der Waals surface area (Å²) in [6.07, 6.45) is 2.80. The Morgan fingerprint density at radius 3 is 2.48 bits per heavy atom. The molecule has 2 heterocycles. The first kappa shape index (κ1) is 31.4. The summed E-state index contributed by atoms with van der Waals surface area (Å²) in [5, 5.41) is 40.4. The third kappa shape index (κ3) is 5.23. The number of hydrogen-bond donors (Lipinski definition) is 4. The van der Waals surface area contributed by atoms with Gasteiger partial charge in [-0.05, 0) is 111 Å². The summed E-state index contributed by atoms with van der Waals surface area (Å²) in [4.78, 5) is 16.5. The number of ether oxygens (including phenoxy) is 2. The van der Waals surface area contributed by atoms with Crippen LogP contribution in [0.3, 0.4) is 0 Å². The number of carbonyl (C=O) groups excluding carboxylic acids is 1. The third-order valence-electron chi connectivity index (χ3n) is 13.9. The molecule has 2 saturated heterocycles. The Morgan fingerprint density at radius 2 is 1.76 bits per heavy atom. The average Bonchev–Trinajstić information content (AvgIpc) is 3.34. The molecule has 0 aromatic carbocycles. The first-order chi connectivity index (χ1) is 19.9. The lowest BCUT2D eigenvalue weighted by atomic mass is 9.51. The lowest BCUT2D eigenvalue weighted by molar-refractivity contribution is -0.315. The number of aliphatic hydroxyl groups excluding tert-OH is 4. The normalized spacial score (nSPS) is 54.1. The van der Waals surface area contributed by atoms with Crippen LogP contribution >= 0.6 is 0 Å². The molecule has 8 heteroatoms. The fraction of sp³-hybridized carbons (Fsp3) is 0.971. The summed E-state index contributed by atoms with van der Waals surface area (Å²) in [5.74, 6) is 5.72. The number of fused-ring (bicyclic) bond motifs is 5. The summed E-state index contributed by atoms with van der Waals surface area (Å²) in [6.45, 7) is 10.6. The quantitative estimate of drug-likeness (QED) is 0.360. The van der Waals surface area contributed by atoms with Gasteiger partial charge in [-0.25, -0.2) is 0 Å². The molecule has 6 rings (SSSR count). The predicted octanol–water partition coefficient (Wildman–Crippen LogP) is 3.23. The van der Waals surface area contributed by atoms with E-state index in [1.165, 1.54) is 38.6 Å². The van der Waals surface area contributed by atoms with Crippen LogP contribution in [-0.4, -0.2) is 94.2 Å². The molecular weight excluding hydrogens is 534 g/mol. The third-order valence-corrected chi connectivity index (χ3v) is 13.9. The average molecular weight is 592 g/mol. The standard InChI is InChI=1S/C34H57NO7/c1-17-6-9-27(35(5)15-17)19(3)21-7-8-22-23(18(21)2)13-25-24(22)14-28(37)26-12-20(10-11-34(25,26)4)41-33-32(40)31(39)30(38)29(16-36)42-33/h17-27,29-33,36,38-40H,6-16H2,1-5H3/t17?,18-,19?,20-,21+,22?,23?,24-,25?,26?,27+,29+,30+,31-,32+,33+,34+/m0/s1. The zero-order valence-corrected chi connectivity index (χ0v) is 26.5. The smallest absolute Gasteiger partial charge is 0.186 e. The van der Waals surface area contributed by atoms with E-state index < -0.39 is 37.3 Å². The van der Waals surface area contributed by atoms with E-state index in [2.05, 4.69) is 39.6 Å². The highest BCUT2D eigenvalue weighted by Crippen LogP contribution is 2.65. The van der Waals surface area contributed by atoms with Crippen molar-refractivity contribution >= 4 is 5.78 Å². The molecule has 4 saturated carbocycles. The van der Waals surface area contributed by atoms with Crippen LogP contribution in [0.15, 0.2) is 0 Å². The maximum atomic E-state index is 13.8. The topological polar surface area (TPSA) is 120 Å². The van der Waals surface area contributed by atoms with E-state index in [4.69, 9.17) is 9.47 Å². The van der Waals surface area contributed by atoms with Gasteiger partial charge in [0.1, 0.15) is 30.2 Å². The van der Waals surface area contributed by atoms with Crippen molar-refractivity contribution in [3.05, 3.63) is 0 Å². The van der Waals surface area contributed by atoms with Crippen molar-refractivity contribution in [2.75, 3.05) is 20.2 Å². The summed E-state index contributed by atoms with van der Waals surface area (Å²) in [7, 11) is 2.33. The molecule has 6 aliphatic rings. The lowest BCUT2D eigenvalue weighted by Crippen LogP contribution is -2.60. The van der Waals surface area contributed by atoms with Gasteiger partial charge in [-0.15, -0.1) is 0 Å². The number of nitrogens with zero attached hydrogens (tertiary/aromatic N) is 1. The molecule has 6 fully saturated rings. The highest BCUT2D eigenvalue weighted by Gasteiger charge is 2.62. The minimum atomic E-state index is -1.45. The van der Waals surface area contributed by atoms with Gasteiger partial charge in [0.05, 0.1) is 12.7 Å². The number of rotatable bonds is 5. The van der Waals surface area contributed by atoms with Crippen LogP contribution in [0.25, 0.3) is 0 Å². The first-order valence-electron chi connectivity index (χ1n) is 17.1. The van der Waals surface area contributed by atoms with Gasteiger partial charge in [0.25, 0.3) is 0 Å². The van der Waals surface area contributed by atoms with Crippen LogP contribution < -0.4 is 0 Å². The minimum Gasteiger partial charge on any atom is -0.394 e. The Labute approximate surface area is 252 Å². The van der Waals surface area contributed by atoms with Gasteiger partial charge in [0.2, 0.25) is 0 Å². The van der Waals surface area contributed by atoms with E-state index in [1.807, 2.05) is 0 Å². The van der Waals surface area contributed by atoms with Crippen LogP contribution in [0.1, 0.15) is 85.5 Å². The summed E-state index contributed by atoms with van der Waals surface area (Å²) in [6, 6.07) is 0.691. The van der Waals surface area contributed by atoms with Gasteiger partial charge in [-0.3, -0.25) is 4.79 Å². The van der Waals surface area contributed by atoms with E-state index in [0.717, 1.165) is 24.7 Å². The Bertz CT molecular complexity index is 978. The molecule has 17 atom stereocenters. The fourth-order valence-electron chi connectivity index (χ4n) is 11.5. The molecule has 0 aromatic rings. The maximum Gasteiger partial charge on any atom is 0.186 e. The molecular formula is C34H57NO7. The van der Waals surface area contributed by atoms with Gasteiger partial charge in [0.15, 0.2) is 6.29 Å². The van der Waals surface area contributed by atoms with E-state index >= 15 is 0 Å². The molecule has 4 aliphatic carbocycles. The van der Waals surface area contributed by atoms with Crippen molar-refractivity contribution in [3.8, 4) is 0 Å². The molecule has 4 N–H and O–H groups in total. The lowest BCUT2D eigenvalue weighted by Gasteiger charge is -2.53. The first-order valence-corrected chi connectivity index (χ1v) is 17.1. The van der Waals surface area contributed by atoms with Crippen molar-refractivity contribution in [2.45, 2.75) is 128 Å². The number of aliphatic hydroxyl groups is 4.